The number of halogens is 1. The standard InChI is InChI=1S/C17H23FN4O2/c1-13-4-9-22(20-13)10-5-15(23)21-11-6-17(24,7-12-21)14-3-2-8-19-16(14)18/h2-3,8,24H,4-7,9-12H2,1H3. The Labute approximate surface area is 141 Å². The number of rotatable bonds is 4. The number of likely N-dealkylation sites (tertiary alicyclic amines) is 1. The Bertz CT molecular complexity index is 641. The second-order valence-electron chi connectivity index (χ2n) is 6.54. The van der Waals surface area contributed by atoms with Crippen molar-refractivity contribution in [2.45, 2.75) is 38.2 Å². The minimum Gasteiger partial charge on any atom is -0.385 e. The number of aliphatic hydroxyl groups is 1. The molecular weight excluding hydrogens is 311 g/mol. The van der Waals surface area contributed by atoms with Gasteiger partial charge in [-0.3, -0.25) is 9.80 Å². The molecule has 1 aromatic heterocycles. The summed E-state index contributed by atoms with van der Waals surface area (Å²) in [5.74, 6) is -0.578. The lowest BCUT2D eigenvalue weighted by Gasteiger charge is -2.38. The lowest BCUT2D eigenvalue weighted by Crippen LogP contribution is -2.46. The van der Waals surface area contributed by atoms with Crippen molar-refractivity contribution in [2.24, 2.45) is 5.10 Å². The number of carbonyl (C=O) groups excluding carboxylic acids is 1. The summed E-state index contributed by atoms with van der Waals surface area (Å²) in [4.78, 5) is 17.7. The zero-order chi connectivity index (χ0) is 17.2. The van der Waals surface area contributed by atoms with Crippen LogP contribution < -0.4 is 0 Å². The fourth-order valence-corrected chi connectivity index (χ4v) is 3.31. The van der Waals surface area contributed by atoms with Gasteiger partial charge < -0.3 is 10.0 Å². The van der Waals surface area contributed by atoms with Gasteiger partial charge >= 0.3 is 0 Å². The first-order valence-corrected chi connectivity index (χ1v) is 8.38. The minimum atomic E-state index is -1.24. The second-order valence-corrected chi connectivity index (χ2v) is 6.54. The van der Waals surface area contributed by atoms with Gasteiger partial charge in [-0.25, -0.2) is 4.98 Å². The van der Waals surface area contributed by atoms with E-state index in [2.05, 4.69) is 10.1 Å². The topological polar surface area (TPSA) is 69.0 Å². The third-order valence-electron chi connectivity index (χ3n) is 4.83. The highest BCUT2D eigenvalue weighted by molar-refractivity contribution is 5.83. The van der Waals surface area contributed by atoms with Crippen LogP contribution in [0.4, 0.5) is 4.39 Å². The van der Waals surface area contributed by atoms with Crippen LogP contribution in [0.5, 0.6) is 0 Å². The van der Waals surface area contributed by atoms with E-state index in [9.17, 15) is 14.3 Å². The summed E-state index contributed by atoms with van der Waals surface area (Å²) in [7, 11) is 0. The number of piperidine rings is 1. The molecule has 24 heavy (non-hydrogen) atoms. The molecule has 1 amide bonds. The number of nitrogens with zero attached hydrogens (tertiary/aromatic N) is 4. The van der Waals surface area contributed by atoms with Gasteiger partial charge in [0.25, 0.3) is 0 Å². The maximum atomic E-state index is 13.8. The molecule has 0 atom stereocenters. The van der Waals surface area contributed by atoms with Gasteiger partial charge in [0.2, 0.25) is 11.9 Å². The van der Waals surface area contributed by atoms with E-state index in [4.69, 9.17) is 0 Å². The summed E-state index contributed by atoms with van der Waals surface area (Å²) < 4.78 is 13.8. The zero-order valence-corrected chi connectivity index (χ0v) is 13.9. The Balaban J connectivity index is 1.53. The molecular formula is C17H23FN4O2. The van der Waals surface area contributed by atoms with Crippen LogP contribution in [-0.2, 0) is 10.4 Å². The van der Waals surface area contributed by atoms with Crippen LogP contribution >= 0.6 is 0 Å². The number of amides is 1. The van der Waals surface area contributed by atoms with Gasteiger partial charge in [-0.05, 0) is 25.8 Å². The van der Waals surface area contributed by atoms with Crippen LogP contribution in [0.25, 0.3) is 0 Å². The third-order valence-corrected chi connectivity index (χ3v) is 4.83. The monoisotopic (exact) mass is 334 g/mol. The molecule has 0 bridgehead atoms. The minimum absolute atomic E-state index is 0.0588. The van der Waals surface area contributed by atoms with E-state index in [-0.39, 0.29) is 11.5 Å². The van der Waals surface area contributed by atoms with Crippen LogP contribution in [0.1, 0.15) is 38.2 Å². The van der Waals surface area contributed by atoms with Crippen LogP contribution in [0.3, 0.4) is 0 Å². The second kappa shape index (κ2) is 6.84. The van der Waals surface area contributed by atoms with Crippen molar-refractivity contribution in [3.8, 4) is 0 Å². The molecule has 1 aromatic rings. The first-order chi connectivity index (χ1) is 11.5. The first kappa shape index (κ1) is 16.8. The van der Waals surface area contributed by atoms with Crippen LogP contribution in [0.2, 0.25) is 0 Å². The molecule has 3 rings (SSSR count). The Kier molecular flexibility index (Phi) is 4.80. The van der Waals surface area contributed by atoms with Crippen LogP contribution in [0.15, 0.2) is 23.4 Å². The highest BCUT2D eigenvalue weighted by Gasteiger charge is 2.37. The van der Waals surface area contributed by atoms with Crippen molar-refractivity contribution >= 4 is 11.6 Å². The van der Waals surface area contributed by atoms with Gasteiger partial charge in [-0.2, -0.15) is 9.49 Å². The molecule has 0 unspecified atom stereocenters. The fourth-order valence-electron chi connectivity index (χ4n) is 3.31. The lowest BCUT2D eigenvalue weighted by molar-refractivity contribution is -0.136. The summed E-state index contributed by atoms with van der Waals surface area (Å²) in [6.07, 6.45) is 3.38. The average molecular weight is 334 g/mol. The zero-order valence-electron chi connectivity index (χ0n) is 13.9. The fraction of sp³-hybridized carbons (Fsp3) is 0.588. The quantitative estimate of drug-likeness (QED) is 0.848. The molecule has 130 valence electrons. The van der Waals surface area contributed by atoms with Crippen molar-refractivity contribution < 1.29 is 14.3 Å². The van der Waals surface area contributed by atoms with Crippen molar-refractivity contribution in [1.82, 2.24) is 14.9 Å². The van der Waals surface area contributed by atoms with Gasteiger partial charge in [0.15, 0.2) is 0 Å². The van der Waals surface area contributed by atoms with E-state index in [1.807, 2.05) is 11.9 Å². The Hall–Kier alpha value is -2.02. The molecule has 1 fully saturated rings. The molecule has 1 saturated heterocycles. The van der Waals surface area contributed by atoms with Gasteiger partial charge in [-0.15, -0.1) is 0 Å². The predicted octanol–water partition coefficient (Wildman–Crippen LogP) is 1.50. The molecule has 0 spiro atoms. The molecule has 0 aliphatic carbocycles. The van der Waals surface area contributed by atoms with Crippen molar-refractivity contribution in [1.29, 1.82) is 0 Å². The van der Waals surface area contributed by atoms with Crippen molar-refractivity contribution in [2.75, 3.05) is 26.2 Å². The van der Waals surface area contributed by atoms with E-state index in [1.165, 1.54) is 6.20 Å². The highest BCUT2D eigenvalue weighted by atomic mass is 19.1. The molecule has 3 heterocycles. The van der Waals surface area contributed by atoms with E-state index in [0.717, 1.165) is 18.7 Å². The maximum Gasteiger partial charge on any atom is 0.224 e. The molecule has 1 N–H and O–H groups in total. The Morgan fingerprint density at radius 1 is 1.38 bits per heavy atom. The number of hydrogen-bond acceptors (Lipinski definition) is 5. The van der Waals surface area contributed by atoms with Crippen molar-refractivity contribution in [3.63, 3.8) is 0 Å². The van der Waals surface area contributed by atoms with Gasteiger partial charge in [0.05, 0.1) is 5.60 Å². The van der Waals surface area contributed by atoms with Gasteiger partial charge in [0.1, 0.15) is 0 Å². The Morgan fingerprint density at radius 2 is 2.12 bits per heavy atom. The summed E-state index contributed by atoms with van der Waals surface area (Å²) in [5, 5.41) is 17.0. The summed E-state index contributed by atoms with van der Waals surface area (Å²) in [6.45, 7) is 4.33. The van der Waals surface area contributed by atoms with Crippen LogP contribution in [-0.4, -0.2) is 57.8 Å². The number of carbonyl (C=O) groups is 1. The maximum absolute atomic E-state index is 13.8. The largest absolute Gasteiger partial charge is 0.385 e. The van der Waals surface area contributed by atoms with Gasteiger partial charge in [0, 0.05) is 56.5 Å². The number of hydrazone groups is 1. The molecule has 2 aliphatic rings. The van der Waals surface area contributed by atoms with Crippen LogP contribution in [0, 0.1) is 5.95 Å². The summed E-state index contributed by atoms with van der Waals surface area (Å²) >= 11 is 0. The SMILES string of the molecule is CC1=NN(CCC(=O)N2CCC(O)(c3cccnc3F)CC2)CC1. The van der Waals surface area contributed by atoms with E-state index < -0.39 is 11.5 Å². The van der Waals surface area contributed by atoms with E-state index >= 15 is 0 Å². The normalized spacial score (nSPS) is 20.2. The average Bonchev–Trinajstić information content (AvgIpc) is 2.99. The summed E-state index contributed by atoms with van der Waals surface area (Å²) in [5.41, 5.74) is 0.0776. The molecule has 7 heteroatoms. The summed E-state index contributed by atoms with van der Waals surface area (Å²) in [6, 6.07) is 3.18. The first-order valence-electron chi connectivity index (χ1n) is 8.38. The smallest absolute Gasteiger partial charge is 0.224 e. The van der Waals surface area contributed by atoms with Crippen molar-refractivity contribution in [3.05, 3.63) is 29.8 Å². The number of pyridine rings is 1. The third kappa shape index (κ3) is 3.56. The molecule has 0 saturated carbocycles. The van der Waals surface area contributed by atoms with E-state index in [0.29, 0.717) is 38.9 Å². The number of aromatic nitrogens is 1. The lowest BCUT2D eigenvalue weighted by atomic mass is 9.85. The molecule has 6 nitrogen and oxygen atoms in total. The highest BCUT2D eigenvalue weighted by Crippen LogP contribution is 2.33. The number of hydrogen-bond donors (Lipinski definition) is 1. The van der Waals surface area contributed by atoms with Gasteiger partial charge in [-0.1, -0.05) is 6.07 Å². The predicted molar refractivity (Wildman–Crippen MR) is 87.8 cm³/mol. The molecule has 0 aromatic carbocycles. The van der Waals surface area contributed by atoms with E-state index in [1.54, 1.807) is 17.0 Å². The Morgan fingerprint density at radius 3 is 2.75 bits per heavy atom. The molecule has 0 radical (unpaired) electrons. The molecule has 2 aliphatic heterocycles.